The molecule has 0 spiro atoms. The summed E-state index contributed by atoms with van der Waals surface area (Å²) >= 11 is 3.03. The number of carbonyl (C=O) groups excluding carboxylic acids is 1. The van der Waals surface area contributed by atoms with E-state index in [2.05, 4.69) is 10.3 Å². The summed E-state index contributed by atoms with van der Waals surface area (Å²) in [4.78, 5) is 17.5. The van der Waals surface area contributed by atoms with Crippen LogP contribution in [0, 0.1) is 6.92 Å². The van der Waals surface area contributed by atoms with Crippen molar-refractivity contribution in [3.05, 3.63) is 51.7 Å². The van der Waals surface area contributed by atoms with E-state index in [0.29, 0.717) is 23.8 Å². The van der Waals surface area contributed by atoms with Crippen LogP contribution in [0.5, 0.6) is 11.5 Å². The molecular formula is C18H18N2O3S2. The predicted octanol–water partition coefficient (Wildman–Crippen LogP) is 4.00. The van der Waals surface area contributed by atoms with Crippen molar-refractivity contribution in [3.63, 3.8) is 0 Å². The first-order valence-corrected chi connectivity index (χ1v) is 9.48. The van der Waals surface area contributed by atoms with Crippen molar-refractivity contribution in [2.75, 3.05) is 20.3 Å². The Bertz CT molecular complexity index is 844. The first kappa shape index (κ1) is 17.4. The number of aryl methyl sites for hydroxylation is 1. The van der Waals surface area contributed by atoms with Crippen LogP contribution in [-0.2, 0) is 0 Å². The molecule has 0 aliphatic rings. The van der Waals surface area contributed by atoms with Gasteiger partial charge in [0, 0.05) is 17.0 Å². The molecule has 0 atom stereocenters. The highest BCUT2D eigenvalue weighted by Crippen LogP contribution is 2.29. The number of rotatable bonds is 7. The highest BCUT2D eigenvalue weighted by Gasteiger charge is 2.16. The third-order valence-electron chi connectivity index (χ3n) is 3.47. The van der Waals surface area contributed by atoms with E-state index in [0.717, 1.165) is 22.0 Å². The quantitative estimate of drug-likeness (QED) is 0.635. The van der Waals surface area contributed by atoms with Crippen molar-refractivity contribution in [2.45, 2.75) is 6.92 Å². The number of nitrogens with one attached hydrogen (secondary N) is 1. The lowest BCUT2D eigenvalue weighted by Crippen LogP contribution is -2.27. The molecule has 0 unspecified atom stereocenters. The molecule has 2 heterocycles. The number of nitrogens with zero attached hydrogens (tertiary/aromatic N) is 1. The van der Waals surface area contributed by atoms with Gasteiger partial charge in [-0.05, 0) is 30.5 Å². The van der Waals surface area contributed by atoms with Crippen molar-refractivity contribution in [1.82, 2.24) is 10.3 Å². The van der Waals surface area contributed by atoms with Crippen LogP contribution in [0.15, 0.2) is 41.1 Å². The average molecular weight is 374 g/mol. The smallest absolute Gasteiger partial charge is 0.263 e. The number of thiazole rings is 1. The summed E-state index contributed by atoms with van der Waals surface area (Å²) in [5.41, 5.74) is 1.80. The highest BCUT2D eigenvalue weighted by molar-refractivity contribution is 7.17. The summed E-state index contributed by atoms with van der Waals surface area (Å²) in [6, 6.07) is 9.38. The van der Waals surface area contributed by atoms with Gasteiger partial charge in [-0.25, -0.2) is 4.98 Å². The Hall–Kier alpha value is -2.38. The van der Waals surface area contributed by atoms with Crippen LogP contribution in [0.2, 0.25) is 0 Å². The first-order chi connectivity index (χ1) is 12.2. The molecule has 1 amide bonds. The number of aromatic nitrogens is 1. The van der Waals surface area contributed by atoms with E-state index in [-0.39, 0.29) is 5.91 Å². The Labute approximate surface area is 154 Å². The van der Waals surface area contributed by atoms with Crippen molar-refractivity contribution in [1.29, 1.82) is 0 Å². The number of amides is 1. The van der Waals surface area contributed by atoms with Gasteiger partial charge in [-0.15, -0.1) is 11.3 Å². The van der Waals surface area contributed by atoms with Gasteiger partial charge in [-0.2, -0.15) is 11.3 Å². The largest absolute Gasteiger partial charge is 0.497 e. The molecule has 1 N–H and O–H groups in total. The fourth-order valence-corrected chi connectivity index (χ4v) is 3.92. The molecule has 3 aromatic rings. The lowest BCUT2D eigenvalue weighted by molar-refractivity contribution is 0.0950. The van der Waals surface area contributed by atoms with E-state index in [1.165, 1.54) is 11.3 Å². The minimum absolute atomic E-state index is 0.120. The molecule has 25 heavy (non-hydrogen) atoms. The lowest BCUT2D eigenvalue weighted by atomic mass is 10.3. The molecule has 0 radical (unpaired) electrons. The second-order valence-electron chi connectivity index (χ2n) is 5.23. The van der Waals surface area contributed by atoms with Crippen LogP contribution in [0.4, 0.5) is 0 Å². The number of carbonyl (C=O) groups is 1. The summed E-state index contributed by atoms with van der Waals surface area (Å²) in [5, 5.41) is 7.78. The fraction of sp³-hybridized carbons (Fsp3) is 0.222. The van der Waals surface area contributed by atoms with Gasteiger partial charge in [-0.1, -0.05) is 6.07 Å². The molecular weight excluding hydrogens is 356 g/mol. The van der Waals surface area contributed by atoms with Crippen LogP contribution in [-0.4, -0.2) is 31.2 Å². The molecule has 0 aliphatic heterocycles. The number of ether oxygens (including phenoxy) is 2. The van der Waals surface area contributed by atoms with E-state index < -0.39 is 0 Å². The summed E-state index contributed by atoms with van der Waals surface area (Å²) < 4.78 is 10.8. The van der Waals surface area contributed by atoms with Gasteiger partial charge in [0.2, 0.25) is 0 Å². The van der Waals surface area contributed by atoms with Crippen LogP contribution in [0.25, 0.3) is 10.6 Å². The average Bonchev–Trinajstić information content (AvgIpc) is 3.28. The van der Waals surface area contributed by atoms with E-state index in [4.69, 9.17) is 9.47 Å². The molecule has 0 saturated heterocycles. The van der Waals surface area contributed by atoms with Crippen LogP contribution in [0.1, 0.15) is 15.4 Å². The van der Waals surface area contributed by atoms with Crippen molar-refractivity contribution in [2.24, 2.45) is 0 Å². The molecule has 0 fully saturated rings. The van der Waals surface area contributed by atoms with Gasteiger partial charge in [-0.3, -0.25) is 4.79 Å². The van der Waals surface area contributed by atoms with Gasteiger partial charge < -0.3 is 14.8 Å². The summed E-state index contributed by atoms with van der Waals surface area (Å²) in [6.45, 7) is 2.66. The maximum atomic E-state index is 12.3. The minimum Gasteiger partial charge on any atom is -0.497 e. The maximum absolute atomic E-state index is 12.3. The third kappa shape index (κ3) is 4.37. The van der Waals surface area contributed by atoms with E-state index >= 15 is 0 Å². The molecule has 1 aromatic carbocycles. The molecule has 5 nitrogen and oxygen atoms in total. The minimum atomic E-state index is -0.120. The fourth-order valence-electron chi connectivity index (χ4n) is 2.22. The Balaban J connectivity index is 1.52. The van der Waals surface area contributed by atoms with Gasteiger partial charge in [0.15, 0.2) is 0 Å². The Morgan fingerprint density at radius 3 is 2.88 bits per heavy atom. The van der Waals surface area contributed by atoms with Gasteiger partial charge >= 0.3 is 0 Å². The molecule has 7 heteroatoms. The van der Waals surface area contributed by atoms with Crippen molar-refractivity contribution < 1.29 is 14.3 Å². The molecule has 2 aromatic heterocycles. The summed E-state index contributed by atoms with van der Waals surface area (Å²) in [5.74, 6) is 1.33. The Kier molecular flexibility index (Phi) is 5.67. The third-order valence-corrected chi connectivity index (χ3v) is 5.36. The normalized spacial score (nSPS) is 10.5. The van der Waals surface area contributed by atoms with E-state index in [9.17, 15) is 4.79 Å². The van der Waals surface area contributed by atoms with Crippen molar-refractivity contribution in [3.8, 4) is 22.1 Å². The van der Waals surface area contributed by atoms with Crippen LogP contribution >= 0.6 is 22.7 Å². The number of benzene rings is 1. The van der Waals surface area contributed by atoms with E-state index in [1.807, 2.05) is 48.0 Å². The Morgan fingerprint density at radius 1 is 1.28 bits per heavy atom. The molecule has 3 rings (SSSR count). The second-order valence-corrected chi connectivity index (χ2v) is 7.01. The van der Waals surface area contributed by atoms with Gasteiger partial charge in [0.25, 0.3) is 5.91 Å². The second kappa shape index (κ2) is 8.13. The number of methoxy groups -OCH3 is 1. The summed E-state index contributed by atoms with van der Waals surface area (Å²) in [6.07, 6.45) is 0. The predicted molar refractivity (Wildman–Crippen MR) is 101 cm³/mol. The van der Waals surface area contributed by atoms with Crippen molar-refractivity contribution >= 4 is 28.6 Å². The zero-order valence-corrected chi connectivity index (χ0v) is 15.6. The SMILES string of the molecule is COc1cccc(OCCNC(=O)c2sc(-c3ccsc3)nc2C)c1. The van der Waals surface area contributed by atoms with Gasteiger partial charge in [0.05, 0.1) is 19.3 Å². The van der Waals surface area contributed by atoms with Crippen LogP contribution in [0.3, 0.4) is 0 Å². The lowest BCUT2D eigenvalue weighted by Gasteiger charge is -2.08. The van der Waals surface area contributed by atoms with E-state index in [1.54, 1.807) is 18.4 Å². The first-order valence-electron chi connectivity index (χ1n) is 7.72. The van der Waals surface area contributed by atoms with Gasteiger partial charge in [0.1, 0.15) is 28.0 Å². The molecule has 0 aliphatic carbocycles. The molecule has 0 saturated carbocycles. The zero-order chi connectivity index (χ0) is 17.6. The molecule has 0 bridgehead atoms. The summed E-state index contributed by atoms with van der Waals surface area (Å²) in [7, 11) is 1.61. The van der Waals surface area contributed by atoms with Crippen LogP contribution < -0.4 is 14.8 Å². The standard InChI is InChI=1S/C18H18N2O3S2/c1-12-16(25-18(20-12)13-6-9-24-11-13)17(21)19-7-8-23-15-5-3-4-14(10-15)22-2/h3-6,9-11H,7-8H2,1-2H3,(H,19,21). The monoisotopic (exact) mass is 374 g/mol. The number of hydrogen-bond acceptors (Lipinski definition) is 6. The molecule has 130 valence electrons. The number of hydrogen-bond donors (Lipinski definition) is 1. The highest BCUT2D eigenvalue weighted by atomic mass is 32.1. The maximum Gasteiger partial charge on any atom is 0.263 e. The zero-order valence-electron chi connectivity index (χ0n) is 13.9. The Morgan fingerprint density at radius 2 is 2.12 bits per heavy atom. The topological polar surface area (TPSA) is 60.5 Å². The number of thiophene rings is 1.